The number of nitrogens with one attached hydrogen (secondary N) is 1. The minimum Gasteiger partial charge on any atom is -0.455 e. The zero-order valence-electron chi connectivity index (χ0n) is 15.9. The maximum atomic E-state index is 12.9. The number of ether oxygens (including phenoxy) is 1. The molecule has 0 aliphatic heterocycles. The van der Waals surface area contributed by atoms with Crippen LogP contribution in [0.4, 0.5) is 5.69 Å². The third-order valence-corrected chi connectivity index (χ3v) is 4.71. The van der Waals surface area contributed by atoms with Gasteiger partial charge in [0.25, 0.3) is 5.91 Å². The fourth-order valence-corrected chi connectivity index (χ4v) is 3.23. The van der Waals surface area contributed by atoms with Gasteiger partial charge in [-0.05, 0) is 54.6 Å². The molecule has 5 nitrogen and oxygen atoms in total. The Balaban J connectivity index is 1.44. The van der Waals surface area contributed by atoms with Crippen LogP contribution in [-0.4, -0.2) is 15.9 Å². The first-order valence-electron chi connectivity index (χ1n) is 9.56. The Bertz CT molecular complexity index is 1370. The molecular formula is C25H17N3O2. The van der Waals surface area contributed by atoms with E-state index in [-0.39, 0.29) is 5.91 Å². The van der Waals surface area contributed by atoms with Crippen molar-refractivity contribution in [1.82, 2.24) is 9.97 Å². The van der Waals surface area contributed by atoms with E-state index in [1.807, 2.05) is 84.9 Å². The van der Waals surface area contributed by atoms with Crippen molar-refractivity contribution in [3.8, 4) is 11.5 Å². The Kier molecular flexibility index (Phi) is 4.54. The van der Waals surface area contributed by atoms with Crippen LogP contribution in [0.5, 0.6) is 11.5 Å². The van der Waals surface area contributed by atoms with Crippen LogP contribution in [0.25, 0.3) is 22.1 Å². The fourth-order valence-electron chi connectivity index (χ4n) is 3.23. The highest BCUT2D eigenvalue weighted by atomic mass is 16.5. The first-order valence-corrected chi connectivity index (χ1v) is 9.56. The largest absolute Gasteiger partial charge is 0.455 e. The molecule has 0 bridgehead atoms. The van der Waals surface area contributed by atoms with E-state index >= 15 is 0 Å². The van der Waals surface area contributed by atoms with Crippen molar-refractivity contribution in [3.05, 3.63) is 103 Å². The number of aromatic nitrogens is 2. The second kappa shape index (κ2) is 7.64. The lowest BCUT2D eigenvalue weighted by Gasteiger charge is -2.12. The lowest BCUT2D eigenvalue weighted by atomic mass is 10.1. The van der Waals surface area contributed by atoms with E-state index in [1.54, 1.807) is 12.1 Å². The van der Waals surface area contributed by atoms with Gasteiger partial charge in [-0.1, -0.05) is 42.5 Å². The average molecular weight is 391 g/mol. The minimum absolute atomic E-state index is 0.240. The fraction of sp³-hybridized carbons (Fsp3) is 0. The quantitative estimate of drug-likeness (QED) is 0.392. The number of hydrogen-bond donors (Lipinski definition) is 1. The molecule has 1 amide bonds. The van der Waals surface area contributed by atoms with Gasteiger partial charge < -0.3 is 10.1 Å². The molecule has 0 radical (unpaired) electrons. The monoisotopic (exact) mass is 391 g/mol. The highest BCUT2D eigenvalue weighted by Gasteiger charge is 2.12. The van der Waals surface area contributed by atoms with E-state index in [4.69, 9.17) is 4.74 Å². The molecule has 144 valence electrons. The van der Waals surface area contributed by atoms with Gasteiger partial charge in [0.05, 0.1) is 27.8 Å². The number of amides is 1. The number of fused-ring (bicyclic) bond motifs is 2. The summed E-state index contributed by atoms with van der Waals surface area (Å²) >= 11 is 0. The number of hydrogen-bond acceptors (Lipinski definition) is 4. The second-order valence-corrected chi connectivity index (χ2v) is 6.78. The number of carbonyl (C=O) groups is 1. The van der Waals surface area contributed by atoms with Crippen molar-refractivity contribution >= 4 is 33.7 Å². The van der Waals surface area contributed by atoms with Gasteiger partial charge in [0.15, 0.2) is 5.75 Å². The van der Waals surface area contributed by atoms with E-state index < -0.39 is 0 Å². The second-order valence-electron chi connectivity index (χ2n) is 6.78. The van der Waals surface area contributed by atoms with Crippen LogP contribution in [0.2, 0.25) is 0 Å². The van der Waals surface area contributed by atoms with Crippen molar-refractivity contribution in [2.45, 2.75) is 0 Å². The predicted octanol–water partition coefficient (Wildman–Crippen LogP) is 5.83. The van der Waals surface area contributed by atoms with Crippen LogP contribution in [-0.2, 0) is 0 Å². The summed E-state index contributed by atoms with van der Waals surface area (Å²) in [6.07, 6.45) is 0. The lowest BCUT2D eigenvalue weighted by Crippen LogP contribution is -2.12. The number of benzene rings is 4. The third-order valence-electron chi connectivity index (χ3n) is 4.71. The zero-order chi connectivity index (χ0) is 20.3. The summed E-state index contributed by atoms with van der Waals surface area (Å²) < 4.78 is 5.93. The smallest absolute Gasteiger partial charge is 0.255 e. The van der Waals surface area contributed by atoms with E-state index in [2.05, 4.69) is 15.3 Å². The first kappa shape index (κ1) is 17.8. The summed E-state index contributed by atoms with van der Waals surface area (Å²) in [7, 11) is 0. The van der Waals surface area contributed by atoms with Crippen LogP contribution in [0, 0.1) is 0 Å². The molecule has 5 heteroatoms. The molecule has 0 unspecified atom stereocenters. The third kappa shape index (κ3) is 3.56. The molecule has 1 N–H and O–H groups in total. The molecular weight excluding hydrogens is 374 g/mol. The summed E-state index contributed by atoms with van der Waals surface area (Å²) in [4.78, 5) is 22.2. The molecule has 5 aromatic rings. The summed E-state index contributed by atoms with van der Waals surface area (Å²) in [6, 6.07) is 29.8. The van der Waals surface area contributed by atoms with Crippen LogP contribution < -0.4 is 10.1 Å². The zero-order valence-corrected chi connectivity index (χ0v) is 15.9. The van der Waals surface area contributed by atoms with E-state index in [0.29, 0.717) is 28.3 Å². The molecule has 1 heterocycles. The van der Waals surface area contributed by atoms with Gasteiger partial charge in [-0.25, -0.2) is 9.97 Å². The Morgan fingerprint density at radius 3 is 2.10 bits per heavy atom. The Labute approximate surface area is 173 Å². The normalized spacial score (nSPS) is 10.8. The minimum atomic E-state index is -0.240. The van der Waals surface area contributed by atoms with Crippen LogP contribution in [0.1, 0.15) is 10.4 Å². The molecule has 1 aromatic heterocycles. The lowest BCUT2D eigenvalue weighted by molar-refractivity contribution is 0.102. The summed E-state index contributed by atoms with van der Waals surface area (Å²) in [5.41, 5.74) is 4.14. The summed E-state index contributed by atoms with van der Waals surface area (Å²) in [6.45, 7) is 0. The van der Waals surface area contributed by atoms with Gasteiger partial charge in [0.1, 0.15) is 5.75 Å². The van der Waals surface area contributed by atoms with Crippen LogP contribution in [0.3, 0.4) is 0 Å². The van der Waals surface area contributed by atoms with Crippen LogP contribution in [0.15, 0.2) is 97.1 Å². The number of carbonyl (C=O) groups excluding carboxylic acids is 1. The van der Waals surface area contributed by atoms with Crippen molar-refractivity contribution < 1.29 is 9.53 Å². The van der Waals surface area contributed by atoms with Crippen molar-refractivity contribution in [1.29, 1.82) is 0 Å². The van der Waals surface area contributed by atoms with Gasteiger partial charge in [-0.2, -0.15) is 0 Å². The van der Waals surface area contributed by atoms with E-state index in [0.717, 1.165) is 16.6 Å². The van der Waals surface area contributed by atoms with Gasteiger partial charge in [-0.3, -0.25) is 4.79 Å². The van der Waals surface area contributed by atoms with E-state index in [9.17, 15) is 4.79 Å². The van der Waals surface area contributed by atoms with Gasteiger partial charge in [0.2, 0.25) is 0 Å². The molecule has 0 aliphatic carbocycles. The molecule has 0 fully saturated rings. The predicted molar refractivity (Wildman–Crippen MR) is 118 cm³/mol. The van der Waals surface area contributed by atoms with Crippen molar-refractivity contribution in [3.63, 3.8) is 0 Å². The maximum absolute atomic E-state index is 12.9. The SMILES string of the molecule is O=C(Nc1ccccc1Oc1ccccc1)c1ccc2nc3ccccc3nc2c1. The molecule has 0 spiro atoms. The number of anilines is 1. The summed E-state index contributed by atoms with van der Waals surface area (Å²) in [5, 5.41) is 2.94. The molecule has 30 heavy (non-hydrogen) atoms. The van der Waals surface area contributed by atoms with Gasteiger partial charge >= 0.3 is 0 Å². The Hall–Kier alpha value is -4.25. The molecule has 4 aromatic carbocycles. The molecule has 0 aliphatic rings. The van der Waals surface area contributed by atoms with Crippen molar-refractivity contribution in [2.75, 3.05) is 5.32 Å². The topological polar surface area (TPSA) is 64.1 Å². The Morgan fingerprint density at radius 2 is 1.30 bits per heavy atom. The van der Waals surface area contributed by atoms with Gasteiger partial charge in [0, 0.05) is 5.56 Å². The number of para-hydroxylation sites is 5. The highest BCUT2D eigenvalue weighted by molar-refractivity contribution is 6.06. The maximum Gasteiger partial charge on any atom is 0.255 e. The molecule has 0 saturated carbocycles. The average Bonchev–Trinajstić information content (AvgIpc) is 2.79. The standard InChI is InChI=1S/C25H17N3O2/c29-25(28-22-12-6-7-13-24(22)30-18-8-2-1-3-9-18)17-14-15-21-23(16-17)27-20-11-5-4-10-19(20)26-21/h1-16H,(H,28,29). The highest BCUT2D eigenvalue weighted by Crippen LogP contribution is 2.29. The molecule has 0 saturated heterocycles. The van der Waals surface area contributed by atoms with Crippen LogP contribution >= 0.6 is 0 Å². The molecule has 0 atom stereocenters. The van der Waals surface area contributed by atoms with E-state index in [1.165, 1.54) is 0 Å². The molecule has 5 rings (SSSR count). The number of rotatable bonds is 4. The first-order chi connectivity index (χ1) is 14.8. The van der Waals surface area contributed by atoms with Crippen molar-refractivity contribution in [2.24, 2.45) is 0 Å². The summed E-state index contributed by atoms with van der Waals surface area (Å²) in [5.74, 6) is 1.03. The Morgan fingerprint density at radius 1 is 0.667 bits per heavy atom. The van der Waals surface area contributed by atoms with Gasteiger partial charge in [-0.15, -0.1) is 0 Å². The number of nitrogens with zero attached hydrogens (tertiary/aromatic N) is 2.